The Balaban J connectivity index is 1.95. The molecule has 66 valence electrons. The molecule has 0 N–H and O–H groups in total. The van der Waals surface area contributed by atoms with Gasteiger partial charge in [-0.1, -0.05) is 6.92 Å². The van der Waals surface area contributed by atoms with E-state index in [1.807, 2.05) is 0 Å². The van der Waals surface area contributed by atoms with Gasteiger partial charge in [-0.05, 0) is 42.9 Å². The first-order valence-electron chi connectivity index (χ1n) is 5.30. The normalized spacial score (nSPS) is 56.4. The number of carbonyl (C=O) groups excluding carboxylic acids is 1. The third kappa shape index (κ3) is 0.681. The van der Waals surface area contributed by atoms with Crippen molar-refractivity contribution < 1.29 is 4.79 Å². The van der Waals surface area contributed by atoms with Crippen molar-refractivity contribution in [3.63, 3.8) is 0 Å². The summed E-state index contributed by atoms with van der Waals surface area (Å²) in [4.78, 5) is 11.5. The smallest absolute Gasteiger partial charge is 0.136 e. The van der Waals surface area contributed by atoms with E-state index in [1.54, 1.807) is 0 Å². The zero-order valence-corrected chi connectivity index (χ0v) is 7.62. The van der Waals surface area contributed by atoms with E-state index in [0.29, 0.717) is 11.7 Å². The molecule has 0 aliphatic heterocycles. The molecule has 2 bridgehead atoms. The highest BCUT2D eigenvalue weighted by atomic mass is 16.1. The molecular weight excluding hydrogens is 148 g/mol. The van der Waals surface area contributed by atoms with Crippen LogP contribution < -0.4 is 0 Å². The van der Waals surface area contributed by atoms with Crippen molar-refractivity contribution in [2.45, 2.75) is 32.6 Å². The molecular formula is C11H16O. The minimum absolute atomic E-state index is 0.408. The number of rotatable bonds is 0. The standard InChI is InChI=1S/C11H16O/c1-6-10(12)5-9-7-2-3-8(4-7)11(6)9/h6-9,11H,2-5H2,1H3/t6-,7?,8?,9?,11?/m1/s1. The Labute approximate surface area is 73.5 Å². The van der Waals surface area contributed by atoms with Crippen LogP contribution in [0.5, 0.6) is 0 Å². The van der Waals surface area contributed by atoms with E-state index in [1.165, 1.54) is 19.3 Å². The Morgan fingerprint density at radius 1 is 1.25 bits per heavy atom. The summed E-state index contributed by atoms with van der Waals surface area (Å²) in [5.41, 5.74) is 0. The van der Waals surface area contributed by atoms with Crippen molar-refractivity contribution in [2.24, 2.45) is 29.6 Å². The van der Waals surface area contributed by atoms with Crippen molar-refractivity contribution in [2.75, 3.05) is 0 Å². The van der Waals surface area contributed by atoms with Crippen molar-refractivity contribution >= 4 is 5.78 Å². The van der Waals surface area contributed by atoms with Crippen molar-refractivity contribution in [1.82, 2.24) is 0 Å². The number of carbonyl (C=O) groups is 1. The van der Waals surface area contributed by atoms with Crippen molar-refractivity contribution in [3.05, 3.63) is 0 Å². The molecule has 0 aromatic carbocycles. The maximum absolute atomic E-state index is 11.5. The van der Waals surface area contributed by atoms with Gasteiger partial charge in [0.15, 0.2) is 0 Å². The third-order valence-electron chi connectivity index (χ3n) is 4.68. The van der Waals surface area contributed by atoms with E-state index >= 15 is 0 Å². The van der Waals surface area contributed by atoms with Crippen LogP contribution in [0.15, 0.2) is 0 Å². The lowest BCUT2D eigenvalue weighted by molar-refractivity contribution is -0.121. The third-order valence-corrected chi connectivity index (χ3v) is 4.68. The van der Waals surface area contributed by atoms with Gasteiger partial charge in [0, 0.05) is 12.3 Å². The van der Waals surface area contributed by atoms with Gasteiger partial charge in [0.2, 0.25) is 0 Å². The molecule has 5 atom stereocenters. The fourth-order valence-corrected chi connectivity index (χ4v) is 4.17. The van der Waals surface area contributed by atoms with Gasteiger partial charge in [-0.3, -0.25) is 4.79 Å². The maximum atomic E-state index is 11.5. The molecule has 3 rings (SSSR count). The van der Waals surface area contributed by atoms with Crippen LogP contribution in [0.3, 0.4) is 0 Å². The molecule has 3 saturated carbocycles. The summed E-state index contributed by atoms with van der Waals surface area (Å²) in [7, 11) is 0. The highest BCUT2D eigenvalue weighted by Crippen LogP contribution is 2.59. The number of hydrogen-bond donors (Lipinski definition) is 0. The van der Waals surface area contributed by atoms with Gasteiger partial charge in [0.05, 0.1) is 0 Å². The van der Waals surface area contributed by atoms with E-state index < -0.39 is 0 Å². The molecule has 3 aliphatic carbocycles. The molecule has 0 amide bonds. The van der Waals surface area contributed by atoms with E-state index in [-0.39, 0.29) is 0 Å². The first-order valence-corrected chi connectivity index (χ1v) is 5.30. The van der Waals surface area contributed by atoms with Crippen molar-refractivity contribution in [1.29, 1.82) is 0 Å². The molecule has 12 heavy (non-hydrogen) atoms. The van der Waals surface area contributed by atoms with Gasteiger partial charge in [0.25, 0.3) is 0 Å². The van der Waals surface area contributed by atoms with Crippen LogP contribution in [0.2, 0.25) is 0 Å². The Hall–Kier alpha value is -0.330. The fourth-order valence-electron chi connectivity index (χ4n) is 4.17. The lowest BCUT2D eigenvalue weighted by Crippen LogP contribution is -2.21. The highest BCUT2D eigenvalue weighted by Gasteiger charge is 2.54. The van der Waals surface area contributed by atoms with Crippen molar-refractivity contribution in [3.8, 4) is 0 Å². The highest BCUT2D eigenvalue weighted by molar-refractivity contribution is 5.83. The van der Waals surface area contributed by atoms with Crippen LogP contribution in [0.25, 0.3) is 0 Å². The van der Waals surface area contributed by atoms with E-state index in [9.17, 15) is 4.79 Å². The zero-order chi connectivity index (χ0) is 8.29. The summed E-state index contributed by atoms with van der Waals surface area (Å²) in [6, 6.07) is 0. The molecule has 0 heterocycles. The molecule has 0 radical (unpaired) electrons. The van der Waals surface area contributed by atoms with E-state index in [4.69, 9.17) is 0 Å². The summed E-state index contributed by atoms with van der Waals surface area (Å²) in [5, 5.41) is 0. The number of Topliss-reactive ketones (excluding diaryl/α,β-unsaturated/α-hetero) is 1. The summed E-state index contributed by atoms with van der Waals surface area (Å²) >= 11 is 0. The van der Waals surface area contributed by atoms with Crippen LogP contribution in [0.1, 0.15) is 32.6 Å². The van der Waals surface area contributed by atoms with Gasteiger partial charge in [-0.15, -0.1) is 0 Å². The molecule has 3 aliphatic rings. The molecule has 3 fully saturated rings. The van der Waals surface area contributed by atoms with Gasteiger partial charge >= 0.3 is 0 Å². The van der Waals surface area contributed by atoms with Gasteiger partial charge in [-0.25, -0.2) is 0 Å². The second-order valence-corrected chi connectivity index (χ2v) is 5.03. The van der Waals surface area contributed by atoms with Gasteiger partial charge < -0.3 is 0 Å². The molecule has 1 heteroatoms. The fraction of sp³-hybridized carbons (Fsp3) is 0.909. The largest absolute Gasteiger partial charge is 0.299 e. The molecule has 4 unspecified atom stereocenters. The first-order chi connectivity index (χ1) is 5.77. The summed E-state index contributed by atoms with van der Waals surface area (Å²) in [5.74, 6) is 4.45. The van der Waals surface area contributed by atoms with Crippen LogP contribution in [-0.2, 0) is 4.79 Å². The second kappa shape index (κ2) is 2.12. The molecule has 0 aromatic heterocycles. The average Bonchev–Trinajstić information content (AvgIpc) is 2.66. The predicted molar refractivity (Wildman–Crippen MR) is 46.6 cm³/mol. The van der Waals surface area contributed by atoms with Crippen LogP contribution in [0, 0.1) is 29.6 Å². The Morgan fingerprint density at radius 2 is 2.00 bits per heavy atom. The molecule has 1 nitrogen and oxygen atoms in total. The maximum Gasteiger partial charge on any atom is 0.136 e. The number of ketones is 1. The SMILES string of the molecule is C[C@@H]1C(=O)CC2C3CCC(C3)C21. The van der Waals surface area contributed by atoms with E-state index in [0.717, 1.165) is 30.1 Å². The lowest BCUT2D eigenvalue weighted by Gasteiger charge is -2.25. The average molecular weight is 164 g/mol. The quantitative estimate of drug-likeness (QED) is 0.536. The monoisotopic (exact) mass is 164 g/mol. The lowest BCUT2D eigenvalue weighted by atomic mass is 9.78. The Kier molecular flexibility index (Phi) is 1.26. The number of hydrogen-bond acceptors (Lipinski definition) is 1. The summed E-state index contributed by atoms with van der Waals surface area (Å²) in [6.45, 7) is 2.16. The van der Waals surface area contributed by atoms with E-state index in [2.05, 4.69) is 6.92 Å². The minimum atomic E-state index is 0.408. The predicted octanol–water partition coefficient (Wildman–Crippen LogP) is 2.26. The molecule has 0 saturated heterocycles. The molecule has 0 spiro atoms. The number of fused-ring (bicyclic) bond motifs is 5. The van der Waals surface area contributed by atoms with Crippen LogP contribution >= 0.6 is 0 Å². The first kappa shape index (κ1) is 7.11. The zero-order valence-electron chi connectivity index (χ0n) is 7.62. The topological polar surface area (TPSA) is 17.1 Å². The Morgan fingerprint density at radius 3 is 2.75 bits per heavy atom. The minimum Gasteiger partial charge on any atom is -0.299 e. The summed E-state index contributed by atoms with van der Waals surface area (Å²) in [6.07, 6.45) is 5.22. The summed E-state index contributed by atoms with van der Waals surface area (Å²) < 4.78 is 0. The van der Waals surface area contributed by atoms with Gasteiger partial charge in [-0.2, -0.15) is 0 Å². The van der Waals surface area contributed by atoms with Crippen LogP contribution in [-0.4, -0.2) is 5.78 Å². The Bertz CT molecular complexity index is 233. The second-order valence-electron chi connectivity index (χ2n) is 5.03. The molecule has 0 aromatic rings. The van der Waals surface area contributed by atoms with Gasteiger partial charge in [0.1, 0.15) is 5.78 Å². The van der Waals surface area contributed by atoms with Crippen LogP contribution in [0.4, 0.5) is 0 Å².